The van der Waals surface area contributed by atoms with Gasteiger partial charge in [0, 0.05) is 18.0 Å². The predicted octanol–water partition coefficient (Wildman–Crippen LogP) is 4.31. The third-order valence-electron chi connectivity index (χ3n) is 3.35. The van der Waals surface area contributed by atoms with E-state index in [1.807, 2.05) is 6.20 Å². The summed E-state index contributed by atoms with van der Waals surface area (Å²) in [6, 6.07) is 17.2. The molecule has 0 spiro atoms. The maximum Gasteiger partial charge on any atom is 0.137 e. The molecule has 0 radical (unpaired) electrons. The molecule has 0 amide bonds. The molecule has 0 aliphatic rings. The number of H-pyrrole nitrogens is 1. The minimum atomic E-state index is 0.910. The first-order chi connectivity index (χ1) is 9.36. The minimum Gasteiger partial charge on any atom is -0.345 e. The summed E-state index contributed by atoms with van der Waals surface area (Å²) in [6.07, 6.45) is 4.69. The van der Waals surface area contributed by atoms with Crippen LogP contribution in [0.5, 0.6) is 0 Å². The van der Waals surface area contributed by atoms with E-state index in [-0.39, 0.29) is 0 Å². The van der Waals surface area contributed by atoms with Gasteiger partial charge in [0.2, 0.25) is 0 Å². The van der Waals surface area contributed by atoms with Crippen molar-refractivity contribution in [2.75, 3.05) is 0 Å². The summed E-state index contributed by atoms with van der Waals surface area (Å²) in [5, 5.41) is 0. The first-order valence-corrected chi connectivity index (χ1v) is 6.56. The molecule has 1 aromatic heterocycles. The largest absolute Gasteiger partial charge is 0.345 e. The third kappa shape index (κ3) is 2.43. The molecule has 0 atom stereocenters. The van der Waals surface area contributed by atoms with E-state index in [0.717, 1.165) is 17.8 Å². The van der Waals surface area contributed by atoms with Crippen LogP contribution >= 0.6 is 0 Å². The number of benzene rings is 2. The zero-order chi connectivity index (χ0) is 13.1. The Kier molecular flexibility index (Phi) is 3.15. The van der Waals surface area contributed by atoms with Gasteiger partial charge in [-0.25, -0.2) is 4.98 Å². The van der Waals surface area contributed by atoms with Crippen LogP contribution in [0.1, 0.15) is 12.5 Å². The normalized spacial score (nSPS) is 10.6. The Hall–Kier alpha value is -2.35. The number of rotatable bonds is 3. The lowest BCUT2D eigenvalue weighted by Crippen LogP contribution is -1.83. The molecule has 0 saturated carbocycles. The molecule has 0 aliphatic heterocycles. The third-order valence-corrected chi connectivity index (χ3v) is 3.35. The number of hydrogen-bond acceptors (Lipinski definition) is 1. The number of nitrogens with zero attached hydrogens (tertiary/aromatic N) is 1. The first-order valence-electron chi connectivity index (χ1n) is 6.56. The highest BCUT2D eigenvalue weighted by atomic mass is 14.9. The summed E-state index contributed by atoms with van der Waals surface area (Å²) >= 11 is 0. The number of aryl methyl sites for hydroxylation is 1. The average molecular weight is 248 g/mol. The molecule has 19 heavy (non-hydrogen) atoms. The topological polar surface area (TPSA) is 28.7 Å². The second-order valence-corrected chi connectivity index (χ2v) is 4.57. The SMILES string of the molecule is CCc1ccc(-c2ccc(-c3ncc[nH]3)cc2)cc1. The van der Waals surface area contributed by atoms with E-state index in [9.17, 15) is 0 Å². The van der Waals surface area contributed by atoms with Gasteiger partial charge in [0.15, 0.2) is 0 Å². The van der Waals surface area contributed by atoms with Crippen molar-refractivity contribution in [3.05, 3.63) is 66.5 Å². The van der Waals surface area contributed by atoms with E-state index >= 15 is 0 Å². The number of hydrogen-bond donors (Lipinski definition) is 1. The number of nitrogens with one attached hydrogen (secondary N) is 1. The number of aromatic amines is 1. The molecule has 0 aliphatic carbocycles. The molecule has 2 nitrogen and oxygen atoms in total. The van der Waals surface area contributed by atoms with Crippen LogP contribution in [0.15, 0.2) is 60.9 Å². The fraction of sp³-hybridized carbons (Fsp3) is 0.118. The lowest BCUT2D eigenvalue weighted by Gasteiger charge is -2.04. The zero-order valence-corrected chi connectivity index (χ0v) is 10.9. The van der Waals surface area contributed by atoms with Gasteiger partial charge in [0.05, 0.1) is 0 Å². The Labute approximate surface area is 113 Å². The van der Waals surface area contributed by atoms with E-state index in [2.05, 4.69) is 65.4 Å². The van der Waals surface area contributed by atoms with Crippen molar-refractivity contribution in [3.8, 4) is 22.5 Å². The molecule has 3 aromatic rings. The molecule has 0 unspecified atom stereocenters. The summed E-state index contributed by atoms with van der Waals surface area (Å²) < 4.78 is 0. The van der Waals surface area contributed by atoms with Crippen LogP contribution in [0.2, 0.25) is 0 Å². The number of aromatic nitrogens is 2. The van der Waals surface area contributed by atoms with E-state index in [0.29, 0.717) is 0 Å². The summed E-state index contributed by atoms with van der Waals surface area (Å²) in [7, 11) is 0. The van der Waals surface area contributed by atoms with Crippen LogP contribution in [0, 0.1) is 0 Å². The van der Waals surface area contributed by atoms with Gasteiger partial charge in [-0.15, -0.1) is 0 Å². The Morgan fingerprint density at radius 3 is 1.95 bits per heavy atom. The molecule has 1 N–H and O–H groups in total. The minimum absolute atomic E-state index is 0.910. The zero-order valence-electron chi connectivity index (χ0n) is 10.9. The summed E-state index contributed by atoms with van der Waals surface area (Å²) in [6.45, 7) is 2.17. The first kappa shape index (κ1) is 11.7. The van der Waals surface area contributed by atoms with Crippen LogP contribution in [-0.4, -0.2) is 9.97 Å². The van der Waals surface area contributed by atoms with Gasteiger partial charge < -0.3 is 4.98 Å². The smallest absolute Gasteiger partial charge is 0.137 e. The lowest BCUT2D eigenvalue weighted by molar-refractivity contribution is 1.14. The van der Waals surface area contributed by atoms with Crippen molar-refractivity contribution in [3.63, 3.8) is 0 Å². The molecule has 2 heteroatoms. The highest BCUT2D eigenvalue weighted by molar-refractivity contribution is 5.67. The average Bonchev–Trinajstić information content (AvgIpc) is 3.02. The summed E-state index contributed by atoms with van der Waals surface area (Å²) in [4.78, 5) is 7.37. The molecule has 3 rings (SSSR count). The van der Waals surface area contributed by atoms with Crippen molar-refractivity contribution in [1.82, 2.24) is 9.97 Å². The molecule has 0 fully saturated rings. The number of imidazole rings is 1. The fourth-order valence-corrected chi connectivity index (χ4v) is 2.18. The maximum absolute atomic E-state index is 4.26. The standard InChI is InChI=1S/C17H16N2/c1-2-13-3-5-14(6-4-13)15-7-9-16(10-8-15)17-18-11-12-19-17/h3-12H,2H2,1H3,(H,18,19). The van der Waals surface area contributed by atoms with Crippen LogP contribution in [0.3, 0.4) is 0 Å². The van der Waals surface area contributed by atoms with Crippen molar-refractivity contribution >= 4 is 0 Å². The van der Waals surface area contributed by atoms with Crippen LogP contribution in [0.4, 0.5) is 0 Å². The lowest BCUT2D eigenvalue weighted by atomic mass is 10.0. The molecular weight excluding hydrogens is 232 g/mol. The van der Waals surface area contributed by atoms with E-state index < -0.39 is 0 Å². The summed E-state index contributed by atoms with van der Waals surface area (Å²) in [5.74, 6) is 0.910. The highest BCUT2D eigenvalue weighted by Crippen LogP contribution is 2.23. The van der Waals surface area contributed by atoms with Crippen LogP contribution in [-0.2, 0) is 6.42 Å². The van der Waals surface area contributed by atoms with Crippen molar-refractivity contribution in [1.29, 1.82) is 0 Å². The van der Waals surface area contributed by atoms with Crippen molar-refractivity contribution in [2.45, 2.75) is 13.3 Å². The maximum atomic E-state index is 4.26. The highest BCUT2D eigenvalue weighted by Gasteiger charge is 2.01. The van der Waals surface area contributed by atoms with Gasteiger partial charge in [0.1, 0.15) is 5.82 Å². The molecule has 0 saturated heterocycles. The Bertz CT molecular complexity index is 635. The summed E-state index contributed by atoms with van der Waals surface area (Å²) in [5.41, 5.74) is 4.97. The van der Waals surface area contributed by atoms with Gasteiger partial charge in [-0.1, -0.05) is 55.5 Å². The van der Waals surface area contributed by atoms with Gasteiger partial charge >= 0.3 is 0 Å². The Morgan fingerprint density at radius 2 is 1.42 bits per heavy atom. The molecule has 1 heterocycles. The van der Waals surface area contributed by atoms with E-state index in [1.54, 1.807) is 6.20 Å². The Morgan fingerprint density at radius 1 is 0.842 bits per heavy atom. The van der Waals surface area contributed by atoms with Gasteiger partial charge in [-0.05, 0) is 23.1 Å². The quantitative estimate of drug-likeness (QED) is 0.735. The van der Waals surface area contributed by atoms with Crippen LogP contribution < -0.4 is 0 Å². The van der Waals surface area contributed by atoms with E-state index in [1.165, 1.54) is 16.7 Å². The molecule has 94 valence electrons. The van der Waals surface area contributed by atoms with Gasteiger partial charge in [-0.3, -0.25) is 0 Å². The Balaban J connectivity index is 1.89. The van der Waals surface area contributed by atoms with Crippen LogP contribution in [0.25, 0.3) is 22.5 Å². The second kappa shape index (κ2) is 5.11. The molecule has 2 aromatic carbocycles. The fourth-order valence-electron chi connectivity index (χ4n) is 2.18. The van der Waals surface area contributed by atoms with E-state index in [4.69, 9.17) is 0 Å². The van der Waals surface area contributed by atoms with Gasteiger partial charge in [0.25, 0.3) is 0 Å². The molecular formula is C17H16N2. The van der Waals surface area contributed by atoms with Crippen molar-refractivity contribution < 1.29 is 0 Å². The predicted molar refractivity (Wildman–Crippen MR) is 78.8 cm³/mol. The second-order valence-electron chi connectivity index (χ2n) is 4.57. The van der Waals surface area contributed by atoms with Gasteiger partial charge in [-0.2, -0.15) is 0 Å². The van der Waals surface area contributed by atoms with Crippen molar-refractivity contribution in [2.24, 2.45) is 0 Å². The molecule has 0 bridgehead atoms. The monoisotopic (exact) mass is 248 g/mol.